The van der Waals surface area contributed by atoms with E-state index in [1.807, 2.05) is 0 Å². The monoisotopic (exact) mass is 178 g/mol. The quantitative estimate of drug-likeness (QED) is 0.662. The average molecular weight is 178 g/mol. The molecule has 0 aliphatic rings. The molecule has 1 heterocycles. The van der Waals surface area contributed by atoms with Gasteiger partial charge in [-0.1, -0.05) is 12.1 Å². The van der Waals surface area contributed by atoms with Gasteiger partial charge in [0.2, 0.25) is 0 Å². The van der Waals surface area contributed by atoms with E-state index in [1.54, 1.807) is 19.1 Å². The topological polar surface area (TPSA) is 45.8 Å². The third-order valence-corrected chi connectivity index (χ3v) is 1.96. The maximum atomic E-state index is 13.2. The van der Waals surface area contributed by atoms with Crippen LogP contribution in [0.25, 0.3) is 10.8 Å². The van der Waals surface area contributed by atoms with E-state index in [4.69, 9.17) is 0 Å². The van der Waals surface area contributed by atoms with Crippen molar-refractivity contribution in [3.63, 3.8) is 0 Å². The van der Waals surface area contributed by atoms with E-state index >= 15 is 0 Å². The van der Waals surface area contributed by atoms with Crippen LogP contribution in [0.1, 0.15) is 5.69 Å². The van der Waals surface area contributed by atoms with E-state index < -0.39 is 11.4 Å². The first-order valence-electron chi connectivity index (χ1n) is 3.83. The highest BCUT2D eigenvalue weighted by molar-refractivity contribution is 5.83. The van der Waals surface area contributed by atoms with Crippen LogP contribution in [0.3, 0.4) is 0 Å². The van der Waals surface area contributed by atoms with Gasteiger partial charge in [0.05, 0.1) is 11.1 Å². The van der Waals surface area contributed by atoms with Crippen molar-refractivity contribution in [3.05, 3.63) is 40.1 Å². The number of aromatic nitrogens is 2. The molecule has 13 heavy (non-hydrogen) atoms. The Morgan fingerprint density at radius 3 is 2.92 bits per heavy atom. The summed E-state index contributed by atoms with van der Waals surface area (Å²) in [5.74, 6) is -0.510. The van der Waals surface area contributed by atoms with Crippen molar-refractivity contribution in [3.8, 4) is 0 Å². The number of nitrogens with zero attached hydrogens (tertiary/aromatic N) is 1. The van der Waals surface area contributed by atoms with Gasteiger partial charge in [-0.15, -0.1) is 0 Å². The highest BCUT2D eigenvalue weighted by Crippen LogP contribution is 2.14. The van der Waals surface area contributed by atoms with Crippen molar-refractivity contribution in [2.75, 3.05) is 0 Å². The molecule has 0 unspecified atom stereocenters. The molecule has 0 bridgehead atoms. The second kappa shape index (κ2) is 2.65. The van der Waals surface area contributed by atoms with Crippen molar-refractivity contribution in [2.45, 2.75) is 6.92 Å². The Morgan fingerprint density at radius 2 is 2.23 bits per heavy atom. The van der Waals surface area contributed by atoms with Gasteiger partial charge in [-0.05, 0) is 13.0 Å². The Morgan fingerprint density at radius 1 is 1.46 bits per heavy atom. The molecule has 1 aromatic carbocycles. The predicted molar refractivity (Wildman–Crippen MR) is 47.1 cm³/mol. The number of rotatable bonds is 0. The van der Waals surface area contributed by atoms with Gasteiger partial charge in [0, 0.05) is 5.39 Å². The SMILES string of the molecule is Cc1n[nH]c(=O)c2c(F)cccc12. The summed E-state index contributed by atoms with van der Waals surface area (Å²) < 4.78 is 13.2. The lowest BCUT2D eigenvalue weighted by Gasteiger charge is -1.99. The Labute approximate surface area is 73.2 Å². The van der Waals surface area contributed by atoms with Gasteiger partial charge >= 0.3 is 0 Å². The van der Waals surface area contributed by atoms with Crippen molar-refractivity contribution in [1.29, 1.82) is 0 Å². The van der Waals surface area contributed by atoms with Gasteiger partial charge in [0.1, 0.15) is 5.82 Å². The van der Waals surface area contributed by atoms with Crippen LogP contribution in [0.15, 0.2) is 23.0 Å². The number of benzene rings is 1. The minimum absolute atomic E-state index is 0.0787. The molecule has 0 amide bonds. The number of aromatic amines is 1. The van der Waals surface area contributed by atoms with Crippen LogP contribution in [0.2, 0.25) is 0 Å². The fraction of sp³-hybridized carbons (Fsp3) is 0.111. The van der Waals surface area contributed by atoms with Crippen molar-refractivity contribution < 1.29 is 4.39 Å². The Hall–Kier alpha value is -1.71. The van der Waals surface area contributed by atoms with Crippen molar-refractivity contribution in [2.24, 2.45) is 0 Å². The van der Waals surface area contributed by atoms with Crippen LogP contribution in [0, 0.1) is 12.7 Å². The van der Waals surface area contributed by atoms with Crippen LogP contribution >= 0.6 is 0 Å². The number of aryl methyl sites for hydroxylation is 1. The normalized spacial score (nSPS) is 10.6. The number of hydrogen-bond donors (Lipinski definition) is 1. The first-order valence-corrected chi connectivity index (χ1v) is 3.83. The third-order valence-electron chi connectivity index (χ3n) is 1.96. The molecule has 1 aromatic heterocycles. The number of nitrogens with one attached hydrogen (secondary N) is 1. The lowest BCUT2D eigenvalue weighted by Crippen LogP contribution is -2.10. The first-order chi connectivity index (χ1) is 6.20. The average Bonchev–Trinajstić information content (AvgIpc) is 2.12. The largest absolute Gasteiger partial charge is 0.275 e. The van der Waals surface area contributed by atoms with Gasteiger partial charge in [-0.3, -0.25) is 4.79 Å². The molecule has 0 atom stereocenters. The molecular weight excluding hydrogens is 171 g/mol. The lowest BCUT2D eigenvalue weighted by molar-refractivity contribution is 0.638. The first kappa shape index (κ1) is 7.91. The van der Waals surface area contributed by atoms with Gasteiger partial charge in [0.15, 0.2) is 0 Å². The Kier molecular flexibility index (Phi) is 1.62. The molecule has 0 radical (unpaired) electrons. The minimum Gasteiger partial charge on any atom is -0.267 e. The van der Waals surface area contributed by atoms with E-state index in [1.165, 1.54) is 6.07 Å². The summed E-state index contributed by atoms with van der Waals surface area (Å²) >= 11 is 0. The second-order valence-electron chi connectivity index (χ2n) is 2.80. The molecular formula is C9H7FN2O. The summed E-state index contributed by atoms with van der Waals surface area (Å²) in [6.07, 6.45) is 0. The van der Waals surface area contributed by atoms with Gasteiger partial charge in [-0.2, -0.15) is 5.10 Å². The zero-order valence-electron chi connectivity index (χ0n) is 6.97. The summed E-state index contributed by atoms with van der Waals surface area (Å²) in [4.78, 5) is 11.2. The summed E-state index contributed by atoms with van der Waals surface area (Å²) in [7, 11) is 0. The Balaban J connectivity index is 3.09. The lowest BCUT2D eigenvalue weighted by atomic mass is 10.1. The molecule has 0 saturated carbocycles. The van der Waals surface area contributed by atoms with E-state index in [0.717, 1.165) is 0 Å². The molecule has 4 heteroatoms. The second-order valence-corrected chi connectivity index (χ2v) is 2.80. The third kappa shape index (κ3) is 1.11. The smallest absolute Gasteiger partial charge is 0.267 e. The molecule has 0 fully saturated rings. The molecule has 0 aliphatic heterocycles. The van der Waals surface area contributed by atoms with Crippen LogP contribution in [0.4, 0.5) is 4.39 Å². The molecule has 0 spiro atoms. The van der Waals surface area contributed by atoms with Gasteiger partial charge in [0.25, 0.3) is 5.56 Å². The van der Waals surface area contributed by atoms with Gasteiger partial charge < -0.3 is 0 Å². The van der Waals surface area contributed by atoms with E-state index in [2.05, 4.69) is 10.2 Å². The van der Waals surface area contributed by atoms with Crippen LogP contribution < -0.4 is 5.56 Å². The minimum atomic E-state index is -0.510. The zero-order valence-corrected chi connectivity index (χ0v) is 6.97. The van der Waals surface area contributed by atoms with Crippen molar-refractivity contribution >= 4 is 10.8 Å². The van der Waals surface area contributed by atoms with E-state index in [0.29, 0.717) is 11.1 Å². The summed E-state index contributed by atoms with van der Waals surface area (Å²) in [5, 5.41) is 6.62. The van der Waals surface area contributed by atoms with Crippen LogP contribution in [-0.4, -0.2) is 10.2 Å². The maximum absolute atomic E-state index is 13.2. The molecule has 3 nitrogen and oxygen atoms in total. The standard InChI is InChI=1S/C9H7FN2O/c1-5-6-3-2-4-7(10)8(6)9(13)12-11-5/h2-4H,1H3,(H,12,13). The molecule has 0 aliphatic carbocycles. The highest BCUT2D eigenvalue weighted by Gasteiger charge is 2.06. The number of fused-ring (bicyclic) bond motifs is 1. The highest BCUT2D eigenvalue weighted by atomic mass is 19.1. The van der Waals surface area contributed by atoms with E-state index in [9.17, 15) is 9.18 Å². The molecule has 1 N–H and O–H groups in total. The van der Waals surface area contributed by atoms with E-state index in [-0.39, 0.29) is 5.39 Å². The fourth-order valence-corrected chi connectivity index (χ4v) is 1.31. The van der Waals surface area contributed by atoms with Crippen LogP contribution in [-0.2, 0) is 0 Å². The molecule has 2 aromatic rings. The Bertz CT molecular complexity index is 518. The molecule has 66 valence electrons. The maximum Gasteiger partial charge on any atom is 0.275 e. The number of halogens is 1. The summed E-state index contributed by atoms with van der Waals surface area (Å²) in [5.41, 5.74) is 0.132. The molecule has 2 rings (SSSR count). The van der Waals surface area contributed by atoms with Gasteiger partial charge in [-0.25, -0.2) is 9.49 Å². The fourth-order valence-electron chi connectivity index (χ4n) is 1.31. The summed E-state index contributed by atoms with van der Waals surface area (Å²) in [6, 6.07) is 4.50. The summed E-state index contributed by atoms with van der Waals surface area (Å²) in [6.45, 7) is 1.72. The zero-order chi connectivity index (χ0) is 9.42. The number of hydrogen-bond acceptors (Lipinski definition) is 2. The molecule has 0 saturated heterocycles. The van der Waals surface area contributed by atoms with Crippen molar-refractivity contribution in [1.82, 2.24) is 10.2 Å². The number of H-pyrrole nitrogens is 1. The van der Waals surface area contributed by atoms with Crippen LogP contribution in [0.5, 0.6) is 0 Å². The predicted octanol–water partition coefficient (Wildman–Crippen LogP) is 1.37.